The first-order chi connectivity index (χ1) is 17.5. The van der Waals surface area contributed by atoms with E-state index in [0.29, 0.717) is 29.6 Å². The van der Waals surface area contributed by atoms with Gasteiger partial charge in [0.25, 0.3) is 5.91 Å². The summed E-state index contributed by atoms with van der Waals surface area (Å²) in [6, 6.07) is 3.20. The fourth-order valence-electron chi connectivity index (χ4n) is 3.31. The van der Waals surface area contributed by atoms with Crippen molar-refractivity contribution in [3.8, 4) is 0 Å². The van der Waals surface area contributed by atoms with Crippen molar-refractivity contribution in [3.05, 3.63) is 47.1 Å². The average Bonchev–Trinajstić information content (AvgIpc) is 3.15. The number of likely N-dealkylation sites (N-methyl/N-ethyl adjacent to an activating group) is 1. The molecule has 198 valence electrons. The third kappa shape index (κ3) is 6.45. The molecule has 0 saturated carbocycles. The number of carboxylic acid groups (broad SMARTS) is 2. The van der Waals surface area contributed by atoms with Gasteiger partial charge in [0.2, 0.25) is 6.23 Å². The molecule has 0 radical (unpaired) electrons. The number of hydrogen-bond acceptors (Lipinski definition) is 11. The lowest BCUT2D eigenvalue weighted by Crippen LogP contribution is -2.48. The number of aliphatic carboxylic acids is 2. The minimum atomic E-state index is -2.27. The van der Waals surface area contributed by atoms with E-state index in [-0.39, 0.29) is 5.69 Å². The monoisotopic (exact) mass is 538 g/mol. The lowest BCUT2D eigenvalue weighted by molar-refractivity contribution is -0.165. The fraction of sp³-hybridized carbons (Fsp3) is 0.381. The number of anilines is 1. The average molecular weight is 539 g/mol. The number of aliphatic hydroxyl groups is 2. The topological polar surface area (TPSA) is 207 Å². The van der Waals surface area contributed by atoms with Crippen molar-refractivity contribution in [1.82, 2.24) is 24.8 Å². The Kier molecular flexibility index (Phi) is 8.88. The Balaban J connectivity index is 0.000000325. The van der Waals surface area contributed by atoms with Crippen LogP contribution >= 0.6 is 11.6 Å². The third-order valence-electron chi connectivity index (χ3n) is 5.35. The Hall–Kier alpha value is -3.92. The van der Waals surface area contributed by atoms with E-state index < -0.39 is 42.4 Å². The molecule has 2 aromatic heterocycles. The zero-order valence-electron chi connectivity index (χ0n) is 19.3. The van der Waals surface area contributed by atoms with Crippen LogP contribution in [0.3, 0.4) is 0 Å². The van der Waals surface area contributed by atoms with E-state index in [1.165, 1.54) is 23.5 Å². The fourth-order valence-corrected chi connectivity index (χ4v) is 3.42. The summed E-state index contributed by atoms with van der Waals surface area (Å²) in [5.74, 6) is -3.66. The number of carbonyl (C=O) groups excluding carboxylic acids is 2. The number of pyridine rings is 1. The molecule has 3 atom stereocenters. The van der Waals surface area contributed by atoms with Gasteiger partial charge in [0, 0.05) is 44.8 Å². The maximum Gasteiger partial charge on any atom is 0.412 e. The normalized spacial score (nSPS) is 18.8. The number of amides is 2. The maximum absolute atomic E-state index is 12.8. The summed E-state index contributed by atoms with van der Waals surface area (Å²) >= 11 is 5.89. The van der Waals surface area contributed by atoms with E-state index in [1.807, 2.05) is 7.05 Å². The highest BCUT2D eigenvalue weighted by Crippen LogP contribution is 2.35. The van der Waals surface area contributed by atoms with Crippen LogP contribution in [0.5, 0.6) is 0 Å². The standard InChI is InChI=1S/C17H17ClN6O3.C4H6O6/c1-22-6-8-23(9-7-22)17(26)27-16-14-13(19-4-5-20-14)15(25)24(16)12-3-2-11(18)10-21-12;5-1(3(7)8)2(6)4(9)10/h2-5,10,16H,6-9H2,1H3;1-2,5-6H,(H,7,8)(H,9,10)/t16-;/m0./s1. The number of piperazine rings is 1. The second-order valence-electron chi connectivity index (χ2n) is 7.89. The van der Waals surface area contributed by atoms with Crippen molar-refractivity contribution in [2.75, 3.05) is 38.1 Å². The Morgan fingerprint density at radius 2 is 1.59 bits per heavy atom. The van der Waals surface area contributed by atoms with Crippen LogP contribution in [0.2, 0.25) is 5.02 Å². The second-order valence-corrected chi connectivity index (χ2v) is 8.33. The van der Waals surface area contributed by atoms with Gasteiger partial charge in [-0.1, -0.05) is 11.6 Å². The number of hydrogen-bond donors (Lipinski definition) is 4. The molecular formula is C21H23ClN6O9. The number of aromatic nitrogens is 3. The van der Waals surface area contributed by atoms with E-state index >= 15 is 0 Å². The van der Waals surface area contributed by atoms with E-state index in [1.54, 1.807) is 17.0 Å². The first-order valence-corrected chi connectivity index (χ1v) is 11.1. The third-order valence-corrected chi connectivity index (χ3v) is 5.58. The van der Waals surface area contributed by atoms with Gasteiger partial charge in [-0.05, 0) is 19.2 Å². The lowest BCUT2D eigenvalue weighted by Gasteiger charge is -2.33. The Labute approximate surface area is 214 Å². The van der Waals surface area contributed by atoms with Gasteiger partial charge in [-0.15, -0.1) is 0 Å². The van der Waals surface area contributed by atoms with Crippen LogP contribution in [0.15, 0.2) is 30.7 Å². The van der Waals surface area contributed by atoms with Crippen LogP contribution in [0, 0.1) is 0 Å². The number of carbonyl (C=O) groups is 4. The van der Waals surface area contributed by atoms with Crippen LogP contribution < -0.4 is 4.90 Å². The number of rotatable bonds is 5. The summed E-state index contributed by atoms with van der Waals surface area (Å²) in [5.41, 5.74) is 0.437. The SMILES string of the molecule is CN1CCN(C(=O)O[C@H]2c3nccnc3C(=O)N2c2ccc(Cl)cn2)CC1.O=C(O)C(O)C(O)C(=O)O. The highest BCUT2D eigenvalue weighted by molar-refractivity contribution is 6.30. The number of carboxylic acids is 2. The number of aliphatic hydroxyl groups excluding tert-OH is 2. The Morgan fingerprint density at radius 1 is 1.00 bits per heavy atom. The molecule has 2 amide bonds. The lowest BCUT2D eigenvalue weighted by atomic mass is 10.2. The summed E-state index contributed by atoms with van der Waals surface area (Å²) in [5, 5.41) is 33.0. The van der Waals surface area contributed by atoms with E-state index in [2.05, 4.69) is 19.9 Å². The molecule has 2 aliphatic heterocycles. The molecule has 4 heterocycles. The molecule has 37 heavy (non-hydrogen) atoms. The Bertz CT molecular complexity index is 1140. The van der Waals surface area contributed by atoms with Crippen molar-refractivity contribution in [3.63, 3.8) is 0 Å². The first-order valence-electron chi connectivity index (χ1n) is 10.7. The summed E-state index contributed by atoms with van der Waals surface area (Å²) < 4.78 is 5.68. The summed E-state index contributed by atoms with van der Waals surface area (Å²) in [6.45, 7) is 2.64. The van der Waals surface area contributed by atoms with Gasteiger partial charge in [0.05, 0.1) is 5.02 Å². The number of halogens is 1. The van der Waals surface area contributed by atoms with Gasteiger partial charge in [-0.3, -0.25) is 9.78 Å². The molecule has 2 unspecified atom stereocenters. The molecule has 1 fully saturated rings. The predicted octanol–water partition coefficient (Wildman–Crippen LogP) is -0.555. The van der Waals surface area contributed by atoms with Crippen LogP contribution in [-0.4, -0.2) is 115 Å². The van der Waals surface area contributed by atoms with Crippen molar-refractivity contribution >= 4 is 41.4 Å². The van der Waals surface area contributed by atoms with Crippen molar-refractivity contribution < 1.29 is 44.3 Å². The van der Waals surface area contributed by atoms with Crippen LogP contribution in [0.1, 0.15) is 22.4 Å². The molecule has 2 aromatic rings. The minimum absolute atomic E-state index is 0.144. The predicted molar refractivity (Wildman–Crippen MR) is 124 cm³/mol. The smallest absolute Gasteiger partial charge is 0.412 e. The summed E-state index contributed by atoms with van der Waals surface area (Å²) in [7, 11) is 2.00. The largest absolute Gasteiger partial charge is 0.479 e. The molecule has 0 aliphatic carbocycles. The molecule has 16 heteroatoms. The summed E-state index contributed by atoms with van der Waals surface area (Å²) in [6.07, 6.45) is -1.75. The first kappa shape index (κ1) is 27.7. The molecule has 15 nitrogen and oxygen atoms in total. The maximum atomic E-state index is 12.8. The van der Waals surface area contributed by atoms with Crippen LogP contribution in [-0.2, 0) is 14.3 Å². The van der Waals surface area contributed by atoms with Gasteiger partial charge in [0.1, 0.15) is 11.5 Å². The molecule has 4 rings (SSSR count). The molecule has 0 spiro atoms. The van der Waals surface area contributed by atoms with Gasteiger partial charge in [-0.2, -0.15) is 0 Å². The quantitative estimate of drug-likeness (QED) is 0.377. The van der Waals surface area contributed by atoms with Crippen molar-refractivity contribution in [2.24, 2.45) is 0 Å². The van der Waals surface area contributed by atoms with E-state index in [4.69, 9.17) is 36.8 Å². The highest BCUT2D eigenvalue weighted by Gasteiger charge is 2.44. The van der Waals surface area contributed by atoms with Gasteiger partial charge >= 0.3 is 18.0 Å². The van der Waals surface area contributed by atoms with Crippen molar-refractivity contribution in [2.45, 2.75) is 18.4 Å². The van der Waals surface area contributed by atoms with Gasteiger partial charge in [-0.25, -0.2) is 29.3 Å². The van der Waals surface area contributed by atoms with Gasteiger partial charge < -0.3 is 35.0 Å². The molecular weight excluding hydrogens is 516 g/mol. The van der Waals surface area contributed by atoms with Crippen LogP contribution in [0.25, 0.3) is 0 Å². The van der Waals surface area contributed by atoms with E-state index in [0.717, 1.165) is 13.1 Å². The van der Waals surface area contributed by atoms with E-state index in [9.17, 15) is 19.2 Å². The molecule has 4 N–H and O–H groups in total. The zero-order chi connectivity index (χ0) is 27.3. The second kappa shape index (κ2) is 11.9. The van der Waals surface area contributed by atoms with Gasteiger partial charge in [0.15, 0.2) is 17.9 Å². The summed E-state index contributed by atoms with van der Waals surface area (Å²) in [4.78, 5) is 62.6. The molecule has 0 bridgehead atoms. The number of fused-ring (bicyclic) bond motifs is 1. The Morgan fingerprint density at radius 3 is 2.14 bits per heavy atom. The zero-order valence-corrected chi connectivity index (χ0v) is 20.1. The number of ether oxygens (including phenoxy) is 1. The molecule has 2 aliphatic rings. The van der Waals surface area contributed by atoms with Crippen LogP contribution in [0.4, 0.5) is 10.6 Å². The van der Waals surface area contributed by atoms with Crippen molar-refractivity contribution in [1.29, 1.82) is 0 Å². The minimum Gasteiger partial charge on any atom is -0.479 e. The molecule has 1 saturated heterocycles. The number of nitrogens with zero attached hydrogens (tertiary/aromatic N) is 6. The molecule has 0 aromatic carbocycles. The highest BCUT2D eigenvalue weighted by atomic mass is 35.5.